The van der Waals surface area contributed by atoms with E-state index < -0.39 is 11.1 Å². The van der Waals surface area contributed by atoms with Crippen molar-refractivity contribution in [2.75, 3.05) is 26.4 Å². The van der Waals surface area contributed by atoms with Crippen LogP contribution >= 0.6 is 17.2 Å². The van der Waals surface area contributed by atoms with Crippen molar-refractivity contribution >= 4 is 17.2 Å². The van der Waals surface area contributed by atoms with Gasteiger partial charge in [0.15, 0.2) is 11.1 Å². The van der Waals surface area contributed by atoms with E-state index in [2.05, 4.69) is 53.4 Å². The van der Waals surface area contributed by atoms with E-state index in [4.69, 9.17) is 23.7 Å². The molecule has 0 saturated carbocycles. The van der Waals surface area contributed by atoms with Gasteiger partial charge in [-0.15, -0.1) is 0 Å². The van der Waals surface area contributed by atoms with Crippen LogP contribution in [0.5, 0.6) is 0 Å². The minimum atomic E-state index is -0.552. The fourth-order valence-electron chi connectivity index (χ4n) is 4.01. The largest absolute Gasteiger partial charge is 0.361 e. The Kier molecular flexibility index (Phi) is 16.6. The lowest BCUT2D eigenvalue weighted by Gasteiger charge is -2.45. The first-order valence-corrected chi connectivity index (χ1v) is 14.3. The highest BCUT2D eigenvalue weighted by Crippen LogP contribution is 2.48. The van der Waals surface area contributed by atoms with Crippen LogP contribution in [0, 0.1) is 0 Å². The number of ether oxygens (including phenoxy) is 5. The minimum Gasteiger partial charge on any atom is -0.361 e. The predicted molar refractivity (Wildman–Crippen MR) is 136 cm³/mol. The molecule has 6 nitrogen and oxygen atoms in total. The lowest BCUT2D eigenvalue weighted by molar-refractivity contribution is -0.173. The van der Waals surface area contributed by atoms with Gasteiger partial charge in [0.2, 0.25) is 0 Å². The van der Waals surface area contributed by atoms with Crippen LogP contribution in [0.25, 0.3) is 0 Å². The first-order chi connectivity index (χ1) is 14.6. The predicted octanol–water partition coefficient (Wildman–Crippen LogP) is 6.38. The molecule has 0 heterocycles. The smallest absolute Gasteiger partial charge is 0.184 e. The zero-order chi connectivity index (χ0) is 24.1. The molecular formula is C23H51NO5P2. The molecule has 5 atom stereocenters. The molecule has 0 bridgehead atoms. The molecule has 0 spiro atoms. The third-order valence-electron chi connectivity index (χ3n) is 5.08. The maximum Gasteiger partial charge on any atom is 0.184 e. The summed E-state index contributed by atoms with van der Waals surface area (Å²) in [4.78, 5) is 2.46. The van der Waals surface area contributed by atoms with Crippen molar-refractivity contribution in [3.63, 3.8) is 0 Å². The Morgan fingerprint density at radius 1 is 0.613 bits per heavy atom. The van der Waals surface area contributed by atoms with Gasteiger partial charge in [-0.05, 0) is 79.5 Å². The second-order valence-corrected chi connectivity index (χ2v) is 11.6. The highest BCUT2D eigenvalue weighted by molar-refractivity contribution is 7.41. The molecule has 0 radical (unpaired) electrons. The number of hydrogen-bond acceptors (Lipinski definition) is 6. The summed E-state index contributed by atoms with van der Waals surface area (Å²) in [7, 11) is 0.914. The molecule has 0 saturated heterocycles. The van der Waals surface area contributed by atoms with E-state index in [1.807, 2.05) is 27.7 Å². The van der Waals surface area contributed by atoms with Crippen LogP contribution in [0.4, 0.5) is 0 Å². The van der Waals surface area contributed by atoms with Crippen molar-refractivity contribution < 1.29 is 23.7 Å². The fourth-order valence-corrected chi connectivity index (χ4v) is 7.92. The van der Waals surface area contributed by atoms with Gasteiger partial charge in [0, 0.05) is 50.8 Å². The molecule has 8 heteroatoms. The molecule has 0 aliphatic carbocycles. The number of nitrogens with zero attached hydrogens (tertiary/aromatic N) is 1. The molecule has 0 aliphatic rings. The average molecular weight is 484 g/mol. The van der Waals surface area contributed by atoms with Crippen LogP contribution in [-0.4, -0.2) is 66.3 Å². The van der Waals surface area contributed by atoms with Gasteiger partial charge in [-0.1, -0.05) is 13.8 Å². The van der Waals surface area contributed by atoms with Gasteiger partial charge >= 0.3 is 0 Å². The third kappa shape index (κ3) is 10.6. The van der Waals surface area contributed by atoms with E-state index in [-0.39, 0.29) is 23.9 Å². The summed E-state index contributed by atoms with van der Waals surface area (Å²) in [6.07, 6.45) is 1.74. The second kappa shape index (κ2) is 16.3. The van der Waals surface area contributed by atoms with Crippen molar-refractivity contribution in [3.05, 3.63) is 0 Å². The number of hydrogen-bond donors (Lipinski definition) is 0. The van der Waals surface area contributed by atoms with Crippen LogP contribution < -0.4 is 0 Å². The molecule has 0 aromatic rings. The average Bonchev–Trinajstić information content (AvgIpc) is 2.68. The van der Waals surface area contributed by atoms with E-state index in [1.165, 1.54) is 0 Å². The first kappa shape index (κ1) is 31.6. The quantitative estimate of drug-likeness (QED) is 0.157. The van der Waals surface area contributed by atoms with E-state index in [9.17, 15) is 0 Å². The summed E-state index contributed by atoms with van der Waals surface area (Å²) in [5, 5.41) is 0. The second-order valence-electron chi connectivity index (χ2n) is 7.82. The maximum absolute atomic E-state index is 6.26. The van der Waals surface area contributed by atoms with Gasteiger partial charge in [-0.2, -0.15) is 0 Å². The topological polar surface area (TPSA) is 49.4 Å². The van der Waals surface area contributed by atoms with E-state index in [1.54, 1.807) is 0 Å². The summed E-state index contributed by atoms with van der Waals surface area (Å²) in [5.74, 6) is 0.430. The van der Waals surface area contributed by atoms with E-state index in [0.29, 0.717) is 43.6 Å². The van der Waals surface area contributed by atoms with Crippen LogP contribution in [0.15, 0.2) is 0 Å². The fraction of sp³-hybridized carbons (Fsp3) is 1.00. The molecule has 31 heavy (non-hydrogen) atoms. The lowest BCUT2D eigenvalue weighted by atomic mass is 10.4. The Morgan fingerprint density at radius 3 is 1.16 bits per heavy atom. The molecule has 0 rings (SSSR count). The Bertz CT molecular complexity index is 412. The normalized spacial score (nSPS) is 16.9. The first-order valence-electron chi connectivity index (χ1n) is 12.1. The van der Waals surface area contributed by atoms with Crippen LogP contribution in [0.3, 0.4) is 0 Å². The van der Waals surface area contributed by atoms with Gasteiger partial charge in [-0.25, -0.2) is 0 Å². The monoisotopic (exact) mass is 483 g/mol. The highest BCUT2D eigenvalue weighted by Gasteiger charge is 2.40. The molecule has 0 aliphatic heterocycles. The summed E-state index contributed by atoms with van der Waals surface area (Å²) in [6, 6.07) is 0. The van der Waals surface area contributed by atoms with Gasteiger partial charge in [0.1, 0.15) is 6.23 Å². The Balaban J connectivity index is 5.85. The Morgan fingerprint density at radius 2 is 0.935 bits per heavy atom. The summed E-state index contributed by atoms with van der Waals surface area (Å²) >= 11 is 0. The van der Waals surface area contributed by atoms with Crippen LogP contribution in [0.2, 0.25) is 0 Å². The van der Waals surface area contributed by atoms with Gasteiger partial charge < -0.3 is 23.7 Å². The lowest BCUT2D eigenvalue weighted by Crippen LogP contribution is -2.48. The molecule has 5 unspecified atom stereocenters. The molecular weight excluding hydrogens is 432 g/mol. The van der Waals surface area contributed by atoms with Crippen LogP contribution in [-0.2, 0) is 23.7 Å². The van der Waals surface area contributed by atoms with Gasteiger partial charge in [0.25, 0.3) is 0 Å². The zero-order valence-corrected chi connectivity index (χ0v) is 24.0. The SMILES string of the molecule is CCOC(CC)(OCC)PC(C)N(C(C)OC(C)C)C(C)PC(CC)(OCC)OCC. The van der Waals surface area contributed by atoms with Crippen molar-refractivity contribution in [2.45, 2.75) is 124 Å². The standard InChI is InChI=1S/C23H51NO5P2/c1-12-22(25-14-3,26-15-4)30-20(10)24(19(9)29-18(7)8)21(11)31-23(13-2,27-16-5)28-17-6/h18-21,30-31H,12-17H2,1-11H3. The van der Waals surface area contributed by atoms with E-state index >= 15 is 0 Å². The summed E-state index contributed by atoms with van der Waals surface area (Å²) in [5.41, 5.74) is -1.10. The van der Waals surface area contributed by atoms with Crippen molar-refractivity contribution in [3.8, 4) is 0 Å². The van der Waals surface area contributed by atoms with E-state index in [0.717, 1.165) is 12.8 Å². The highest BCUT2D eigenvalue weighted by atomic mass is 31.1. The summed E-state index contributed by atoms with van der Waals surface area (Å²) in [6.45, 7) is 25.8. The van der Waals surface area contributed by atoms with Crippen molar-refractivity contribution in [2.24, 2.45) is 0 Å². The minimum absolute atomic E-state index is 0.0411. The summed E-state index contributed by atoms with van der Waals surface area (Å²) < 4.78 is 30.9. The Labute approximate surface area is 196 Å². The third-order valence-corrected chi connectivity index (χ3v) is 8.68. The molecule has 0 N–H and O–H groups in total. The number of rotatable bonds is 19. The molecule has 0 amide bonds. The molecule has 0 aromatic heterocycles. The zero-order valence-electron chi connectivity index (χ0n) is 22.0. The van der Waals surface area contributed by atoms with Gasteiger partial charge in [0.05, 0.1) is 6.10 Å². The van der Waals surface area contributed by atoms with Crippen LogP contribution in [0.1, 0.15) is 89.0 Å². The molecule has 0 fully saturated rings. The van der Waals surface area contributed by atoms with Crippen molar-refractivity contribution in [1.29, 1.82) is 0 Å². The molecule has 0 aromatic carbocycles. The maximum atomic E-state index is 6.26. The Hall–Kier alpha value is 0.620. The molecule has 188 valence electrons. The van der Waals surface area contributed by atoms with Gasteiger partial charge in [-0.3, -0.25) is 4.90 Å². The van der Waals surface area contributed by atoms with Crippen molar-refractivity contribution in [1.82, 2.24) is 4.90 Å².